The monoisotopic (exact) mass is 403 g/mol. The molecular formula is C22H37N5O2. The van der Waals surface area contributed by atoms with Gasteiger partial charge in [0.05, 0.1) is 14.2 Å². The van der Waals surface area contributed by atoms with E-state index in [2.05, 4.69) is 44.6 Å². The average molecular weight is 404 g/mol. The van der Waals surface area contributed by atoms with Crippen LogP contribution < -0.4 is 25.0 Å². The zero-order valence-corrected chi connectivity index (χ0v) is 18.4. The molecule has 1 aromatic carbocycles. The predicted octanol–water partition coefficient (Wildman–Crippen LogP) is 2.18. The van der Waals surface area contributed by atoms with E-state index in [1.807, 2.05) is 13.1 Å². The van der Waals surface area contributed by atoms with Crippen molar-refractivity contribution in [2.75, 3.05) is 65.9 Å². The zero-order chi connectivity index (χ0) is 20.6. The molecule has 0 radical (unpaired) electrons. The van der Waals surface area contributed by atoms with Crippen LogP contribution in [0.25, 0.3) is 0 Å². The van der Waals surface area contributed by atoms with Crippen LogP contribution in [-0.2, 0) is 0 Å². The molecule has 0 spiro atoms. The molecule has 2 heterocycles. The quantitative estimate of drug-likeness (QED) is 0.561. The summed E-state index contributed by atoms with van der Waals surface area (Å²) in [6, 6.07) is 6.52. The number of likely N-dealkylation sites (tertiary alicyclic amines) is 1. The number of piperidine rings is 2. The average Bonchev–Trinajstić information content (AvgIpc) is 2.77. The van der Waals surface area contributed by atoms with Crippen molar-refractivity contribution in [2.45, 2.75) is 31.7 Å². The van der Waals surface area contributed by atoms with E-state index in [0.29, 0.717) is 6.04 Å². The third-order valence-corrected chi connectivity index (χ3v) is 6.16. The largest absolute Gasteiger partial charge is 0.497 e. The molecule has 2 N–H and O–H groups in total. The van der Waals surface area contributed by atoms with Gasteiger partial charge in [0, 0.05) is 56.6 Å². The molecular weight excluding hydrogens is 366 g/mol. The molecule has 2 aliphatic rings. The van der Waals surface area contributed by atoms with E-state index < -0.39 is 0 Å². The Bertz CT molecular complexity index is 643. The maximum atomic E-state index is 5.41. The van der Waals surface area contributed by atoms with Crippen molar-refractivity contribution < 1.29 is 9.47 Å². The number of methoxy groups -OCH3 is 2. The SMILES string of the molecule is CN=C(NCC1CCN(C)CC1)NC1CCN(c2cc(OC)cc(OC)c2)CC1. The minimum Gasteiger partial charge on any atom is -0.497 e. The van der Waals surface area contributed by atoms with Crippen molar-refractivity contribution in [1.82, 2.24) is 15.5 Å². The Balaban J connectivity index is 1.46. The summed E-state index contributed by atoms with van der Waals surface area (Å²) in [4.78, 5) is 9.25. The van der Waals surface area contributed by atoms with Crippen molar-refractivity contribution in [3.8, 4) is 11.5 Å². The summed E-state index contributed by atoms with van der Waals surface area (Å²) in [5.41, 5.74) is 1.16. The third kappa shape index (κ3) is 6.16. The summed E-state index contributed by atoms with van der Waals surface area (Å²) < 4.78 is 10.8. The number of ether oxygens (including phenoxy) is 2. The summed E-state index contributed by atoms with van der Waals surface area (Å²) in [6.45, 7) is 5.41. The first-order valence-electron chi connectivity index (χ1n) is 10.7. The highest BCUT2D eigenvalue weighted by Crippen LogP contribution is 2.30. The molecule has 162 valence electrons. The van der Waals surface area contributed by atoms with E-state index in [0.717, 1.165) is 61.5 Å². The highest BCUT2D eigenvalue weighted by atomic mass is 16.5. The fourth-order valence-electron chi connectivity index (χ4n) is 4.15. The molecule has 2 fully saturated rings. The van der Waals surface area contributed by atoms with Gasteiger partial charge in [-0.3, -0.25) is 4.99 Å². The molecule has 29 heavy (non-hydrogen) atoms. The van der Waals surface area contributed by atoms with Gasteiger partial charge in [-0.2, -0.15) is 0 Å². The molecule has 0 saturated carbocycles. The maximum Gasteiger partial charge on any atom is 0.191 e. The molecule has 0 aliphatic carbocycles. The molecule has 0 unspecified atom stereocenters. The van der Waals surface area contributed by atoms with Crippen LogP contribution in [-0.4, -0.2) is 77.9 Å². The second-order valence-corrected chi connectivity index (χ2v) is 8.18. The van der Waals surface area contributed by atoms with Gasteiger partial charge in [0.1, 0.15) is 11.5 Å². The number of benzene rings is 1. The Hall–Kier alpha value is -2.15. The Morgan fingerprint density at radius 2 is 1.62 bits per heavy atom. The van der Waals surface area contributed by atoms with E-state index in [1.54, 1.807) is 14.2 Å². The van der Waals surface area contributed by atoms with E-state index in [1.165, 1.54) is 25.9 Å². The summed E-state index contributed by atoms with van der Waals surface area (Å²) in [5, 5.41) is 7.17. The van der Waals surface area contributed by atoms with Crippen LogP contribution in [0.15, 0.2) is 23.2 Å². The number of anilines is 1. The molecule has 0 atom stereocenters. The van der Waals surface area contributed by atoms with Gasteiger partial charge in [0.15, 0.2) is 5.96 Å². The number of hydrogen-bond donors (Lipinski definition) is 2. The van der Waals surface area contributed by atoms with Crippen molar-refractivity contribution in [2.24, 2.45) is 10.9 Å². The van der Waals surface area contributed by atoms with Gasteiger partial charge >= 0.3 is 0 Å². The summed E-state index contributed by atoms with van der Waals surface area (Å²) in [6.07, 6.45) is 4.69. The van der Waals surface area contributed by atoms with Gasteiger partial charge < -0.3 is 29.9 Å². The van der Waals surface area contributed by atoms with Crippen molar-refractivity contribution in [1.29, 1.82) is 0 Å². The summed E-state index contributed by atoms with van der Waals surface area (Å²) in [7, 11) is 7.46. The third-order valence-electron chi connectivity index (χ3n) is 6.16. The van der Waals surface area contributed by atoms with Gasteiger partial charge in [-0.25, -0.2) is 0 Å². The topological polar surface area (TPSA) is 61.4 Å². The Labute approximate surface area is 175 Å². The predicted molar refractivity (Wildman–Crippen MR) is 119 cm³/mol. The smallest absolute Gasteiger partial charge is 0.191 e. The first-order valence-corrected chi connectivity index (χ1v) is 10.7. The van der Waals surface area contributed by atoms with E-state index in [-0.39, 0.29) is 0 Å². The van der Waals surface area contributed by atoms with Gasteiger partial charge in [-0.05, 0) is 51.7 Å². The molecule has 7 heteroatoms. The number of nitrogens with zero attached hydrogens (tertiary/aromatic N) is 3. The van der Waals surface area contributed by atoms with Crippen molar-refractivity contribution in [3.05, 3.63) is 18.2 Å². The second kappa shape index (κ2) is 10.6. The fourth-order valence-corrected chi connectivity index (χ4v) is 4.15. The van der Waals surface area contributed by atoms with Crippen molar-refractivity contribution >= 4 is 11.6 Å². The summed E-state index contributed by atoms with van der Waals surface area (Å²) in [5.74, 6) is 3.34. The Morgan fingerprint density at radius 3 is 2.17 bits per heavy atom. The Morgan fingerprint density at radius 1 is 1.00 bits per heavy atom. The molecule has 2 saturated heterocycles. The van der Waals surface area contributed by atoms with Crippen LogP contribution >= 0.6 is 0 Å². The van der Waals surface area contributed by atoms with E-state index >= 15 is 0 Å². The van der Waals surface area contributed by atoms with Crippen LogP contribution in [0.5, 0.6) is 11.5 Å². The Kier molecular flexibility index (Phi) is 7.86. The fraction of sp³-hybridized carbons (Fsp3) is 0.682. The maximum absolute atomic E-state index is 5.41. The highest BCUT2D eigenvalue weighted by molar-refractivity contribution is 5.80. The molecule has 1 aromatic rings. The number of hydrogen-bond acceptors (Lipinski definition) is 5. The molecule has 0 bridgehead atoms. The number of rotatable bonds is 6. The minimum absolute atomic E-state index is 0.447. The summed E-state index contributed by atoms with van der Waals surface area (Å²) >= 11 is 0. The number of guanidine groups is 1. The lowest BCUT2D eigenvalue weighted by atomic mass is 9.97. The van der Waals surface area contributed by atoms with Gasteiger partial charge in [0.25, 0.3) is 0 Å². The normalized spacial score (nSPS) is 19.9. The first-order chi connectivity index (χ1) is 14.1. The lowest BCUT2D eigenvalue weighted by Gasteiger charge is -2.35. The van der Waals surface area contributed by atoms with Crippen LogP contribution in [0, 0.1) is 5.92 Å². The first kappa shape index (κ1) is 21.6. The van der Waals surface area contributed by atoms with Crippen LogP contribution in [0.3, 0.4) is 0 Å². The molecule has 2 aliphatic heterocycles. The van der Waals surface area contributed by atoms with Crippen LogP contribution in [0.1, 0.15) is 25.7 Å². The lowest BCUT2D eigenvalue weighted by Crippen LogP contribution is -2.50. The minimum atomic E-state index is 0.447. The molecule has 7 nitrogen and oxygen atoms in total. The van der Waals surface area contributed by atoms with Crippen LogP contribution in [0.4, 0.5) is 5.69 Å². The number of aliphatic imine (C=N–C) groups is 1. The lowest BCUT2D eigenvalue weighted by molar-refractivity contribution is 0.220. The van der Waals surface area contributed by atoms with Gasteiger partial charge in [-0.15, -0.1) is 0 Å². The van der Waals surface area contributed by atoms with Crippen LogP contribution in [0.2, 0.25) is 0 Å². The second-order valence-electron chi connectivity index (χ2n) is 8.18. The molecule has 3 rings (SSSR count). The standard InChI is InChI=1S/C22H37N5O2/c1-23-22(24-16-17-5-9-26(2)10-6-17)25-18-7-11-27(12-8-18)19-13-20(28-3)15-21(14-19)29-4/h13-15,17-18H,5-12,16H2,1-4H3,(H2,23,24,25). The number of nitrogens with one attached hydrogen (secondary N) is 2. The van der Waals surface area contributed by atoms with E-state index in [9.17, 15) is 0 Å². The zero-order valence-electron chi connectivity index (χ0n) is 18.4. The van der Waals surface area contributed by atoms with Crippen molar-refractivity contribution in [3.63, 3.8) is 0 Å². The van der Waals surface area contributed by atoms with E-state index in [4.69, 9.17) is 9.47 Å². The van der Waals surface area contributed by atoms with Gasteiger partial charge in [-0.1, -0.05) is 0 Å². The molecule has 0 amide bonds. The highest BCUT2D eigenvalue weighted by Gasteiger charge is 2.22. The molecule has 0 aromatic heterocycles. The van der Waals surface area contributed by atoms with Gasteiger partial charge in [0.2, 0.25) is 0 Å².